The van der Waals surface area contributed by atoms with E-state index in [-0.39, 0.29) is 22.9 Å². The first-order valence-electron chi connectivity index (χ1n) is 5.53. The van der Waals surface area contributed by atoms with E-state index < -0.39 is 0 Å². The van der Waals surface area contributed by atoms with Gasteiger partial charge in [0, 0.05) is 17.8 Å². The fourth-order valence-corrected chi connectivity index (χ4v) is 3.72. The molecule has 2 fully saturated rings. The van der Waals surface area contributed by atoms with E-state index in [0.29, 0.717) is 0 Å². The quantitative estimate of drug-likeness (QED) is 0.603. The van der Waals surface area contributed by atoms with Gasteiger partial charge in [-0.2, -0.15) is 0 Å². The predicted molar refractivity (Wildman–Crippen MR) is 54.8 cm³/mol. The number of fused-ring (bicyclic) bond motifs is 2. The summed E-state index contributed by atoms with van der Waals surface area (Å²) in [6, 6.07) is 0. The van der Waals surface area contributed by atoms with Gasteiger partial charge in [-0.3, -0.25) is 4.79 Å². The first kappa shape index (κ1) is 10.0. The lowest BCUT2D eigenvalue weighted by Gasteiger charge is -2.41. The van der Waals surface area contributed by atoms with Crippen molar-refractivity contribution in [2.45, 2.75) is 53.1 Å². The number of carbonyl (C=O) groups excluding carboxylic acids is 1. The van der Waals surface area contributed by atoms with Crippen LogP contribution in [0.2, 0.25) is 0 Å². The maximum Gasteiger partial charge on any atom is 0.302 e. The summed E-state index contributed by atoms with van der Waals surface area (Å²) in [5, 5.41) is 0. The van der Waals surface area contributed by atoms with Crippen LogP contribution < -0.4 is 0 Å². The smallest absolute Gasteiger partial charge is 0.302 e. The van der Waals surface area contributed by atoms with Gasteiger partial charge in [-0.1, -0.05) is 20.8 Å². The van der Waals surface area contributed by atoms with Crippen LogP contribution in [0.3, 0.4) is 0 Å². The van der Waals surface area contributed by atoms with Crippen LogP contribution in [0.15, 0.2) is 0 Å². The van der Waals surface area contributed by atoms with E-state index in [9.17, 15) is 4.79 Å². The van der Waals surface area contributed by atoms with E-state index in [4.69, 9.17) is 4.74 Å². The van der Waals surface area contributed by atoms with Crippen LogP contribution in [0, 0.1) is 16.7 Å². The van der Waals surface area contributed by atoms with Crippen LogP contribution in [0.25, 0.3) is 0 Å². The van der Waals surface area contributed by atoms with Gasteiger partial charge in [0.05, 0.1) is 0 Å². The van der Waals surface area contributed by atoms with Gasteiger partial charge in [-0.05, 0) is 25.2 Å². The zero-order chi connectivity index (χ0) is 10.6. The predicted octanol–water partition coefficient (Wildman–Crippen LogP) is 2.76. The minimum atomic E-state index is -0.128. The van der Waals surface area contributed by atoms with Gasteiger partial charge in [0.15, 0.2) is 0 Å². The minimum absolute atomic E-state index is 0.128. The lowest BCUT2D eigenvalue weighted by molar-refractivity contribution is -0.161. The summed E-state index contributed by atoms with van der Waals surface area (Å²) in [5.41, 5.74) is 0.429. The highest BCUT2D eigenvalue weighted by atomic mass is 16.5. The first-order chi connectivity index (χ1) is 6.36. The highest BCUT2D eigenvalue weighted by Gasteiger charge is 2.61. The lowest BCUT2D eigenvalue weighted by Crippen LogP contribution is -2.43. The van der Waals surface area contributed by atoms with Crippen molar-refractivity contribution < 1.29 is 9.53 Å². The Balaban J connectivity index is 2.25. The summed E-state index contributed by atoms with van der Waals surface area (Å²) in [6.07, 6.45) is 3.89. The van der Waals surface area contributed by atoms with Crippen molar-refractivity contribution in [1.82, 2.24) is 0 Å². The van der Waals surface area contributed by atoms with E-state index in [2.05, 4.69) is 20.8 Å². The molecule has 0 saturated heterocycles. The molecule has 80 valence electrons. The van der Waals surface area contributed by atoms with E-state index in [0.717, 1.165) is 5.92 Å². The number of hydrogen-bond acceptors (Lipinski definition) is 2. The van der Waals surface area contributed by atoms with Gasteiger partial charge in [0.1, 0.15) is 6.10 Å². The average Bonchev–Trinajstić information content (AvgIpc) is 2.49. The lowest BCUT2D eigenvalue weighted by atomic mass is 9.70. The van der Waals surface area contributed by atoms with Crippen molar-refractivity contribution in [1.29, 1.82) is 0 Å². The average molecular weight is 196 g/mol. The molecule has 0 N–H and O–H groups in total. The van der Waals surface area contributed by atoms with Crippen LogP contribution in [0.1, 0.15) is 47.0 Å². The molecule has 2 aliphatic rings. The summed E-state index contributed by atoms with van der Waals surface area (Å²) in [5.74, 6) is 0.619. The second-order valence-corrected chi connectivity index (χ2v) is 5.90. The Morgan fingerprint density at radius 3 is 2.43 bits per heavy atom. The Morgan fingerprint density at radius 2 is 2.00 bits per heavy atom. The van der Waals surface area contributed by atoms with Gasteiger partial charge >= 0.3 is 5.97 Å². The maximum atomic E-state index is 11.1. The van der Waals surface area contributed by atoms with Crippen molar-refractivity contribution in [3.63, 3.8) is 0 Å². The molecule has 2 aliphatic carbocycles. The molecule has 0 spiro atoms. The molecule has 0 aliphatic heterocycles. The van der Waals surface area contributed by atoms with Crippen LogP contribution in [-0.4, -0.2) is 12.1 Å². The van der Waals surface area contributed by atoms with Crippen LogP contribution in [0.5, 0.6) is 0 Å². The number of rotatable bonds is 1. The van der Waals surface area contributed by atoms with Crippen molar-refractivity contribution in [2.24, 2.45) is 16.7 Å². The van der Waals surface area contributed by atoms with Crippen molar-refractivity contribution in [3.8, 4) is 0 Å². The monoisotopic (exact) mass is 196 g/mol. The normalized spacial score (nSPS) is 44.0. The Bertz CT molecular complexity index is 265. The van der Waals surface area contributed by atoms with Crippen molar-refractivity contribution in [2.75, 3.05) is 0 Å². The Morgan fingerprint density at radius 1 is 1.36 bits per heavy atom. The topological polar surface area (TPSA) is 26.3 Å². The molecule has 2 nitrogen and oxygen atoms in total. The SMILES string of the molecule is CC(=O)OC1C(C)(C)[C@H]2CC[C@]1(C)C2. The highest BCUT2D eigenvalue weighted by molar-refractivity contribution is 5.66. The zero-order valence-electron chi connectivity index (χ0n) is 9.59. The summed E-state index contributed by atoms with van der Waals surface area (Å²) in [7, 11) is 0. The summed E-state index contributed by atoms with van der Waals surface area (Å²) >= 11 is 0. The second-order valence-electron chi connectivity index (χ2n) is 5.90. The largest absolute Gasteiger partial charge is 0.461 e. The third-order valence-corrected chi connectivity index (χ3v) is 4.42. The molecule has 2 bridgehead atoms. The molecular weight excluding hydrogens is 176 g/mol. The van der Waals surface area contributed by atoms with Crippen molar-refractivity contribution >= 4 is 5.97 Å². The Labute approximate surface area is 86.0 Å². The molecule has 1 unspecified atom stereocenters. The minimum Gasteiger partial charge on any atom is -0.461 e. The van der Waals surface area contributed by atoms with Crippen LogP contribution in [-0.2, 0) is 9.53 Å². The van der Waals surface area contributed by atoms with Gasteiger partial charge in [-0.15, -0.1) is 0 Å². The number of carbonyl (C=O) groups is 1. The second kappa shape index (κ2) is 2.74. The van der Waals surface area contributed by atoms with Gasteiger partial charge in [0.2, 0.25) is 0 Å². The molecular formula is C12H20O2. The van der Waals surface area contributed by atoms with Gasteiger partial charge in [0.25, 0.3) is 0 Å². The van der Waals surface area contributed by atoms with Crippen LogP contribution in [0.4, 0.5) is 0 Å². The number of hydrogen-bond donors (Lipinski definition) is 0. The van der Waals surface area contributed by atoms with Crippen molar-refractivity contribution in [3.05, 3.63) is 0 Å². The maximum absolute atomic E-state index is 11.1. The molecule has 0 aromatic heterocycles. The molecule has 3 atom stereocenters. The van der Waals surface area contributed by atoms with E-state index in [1.54, 1.807) is 0 Å². The summed E-state index contributed by atoms with van der Waals surface area (Å²) in [4.78, 5) is 11.1. The molecule has 0 aromatic rings. The molecule has 2 rings (SSSR count). The number of esters is 1. The third kappa shape index (κ3) is 1.19. The highest BCUT2D eigenvalue weighted by Crippen LogP contribution is 2.63. The van der Waals surface area contributed by atoms with Gasteiger partial charge in [-0.25, -0.2) is 0 Å². The molecule has 2 heteroatoms. The van der Waals surface area contributed by atoms with Gasteiger partial charge < -0.3 is 4.74 Å². The molecule has 0 aromatic carbocycles. The molecule has 0 heterocycles. The fourth-order valence-electron chi connectivity index (χ4n) is 3.72. The zero-order valence-corrected chi connectivity index (χ0v) is 9.59. The van der Waals surface area contributed by atoms with E-state index in [1.165, 1.54) is 26.2 Å². The summed E-state index contributed by atoms with van der Waals surface area (Å²) < 4.78 is 5.52. The van der Waals surface area contributed by atoms with Crippen LogP contribution >= 0.6 is 0 Å². The Hall–Kier alpha value is -0.530. The first-order valence-corrected chi connectivity index (χ1v) is 5.53. The molecule has 14 heavy (non-hydrogen) atoms. The van der Waals surface area contributed by atoms with E-state index >= 15 is 0 Å². The molecule has 2 saturated carbocycles. The molecule has 0 amide bonds. The fraction of sp³-hybridized carbons (Fsp3) is 0.917. The number of ether oxygens (including phenoxy) is 1. The third-order valence-electron chi connectivity index (χ3n) is 4.42. The Kier molecular flexibility index (Phi) is 1.96. The standard InChI is InChI=1S/C12H20O2/c1-8(13)14-10-11(2,3)9-5-6-12(10,4)7-9/h9-10H,5-7H2,1-4H3/t9-,10?,12+/m0/s1. The summed E-state index contributed by atoms with van der Waals surface area (Å²) in [6.45, 7) is 8.28. The molecule has 0 radical (unpaired) electrons. The van der Waals surface area contributed by atoms with E-state index in [1.807, 2.05) is 0 Å².